The summed E-state index contributed by atoms with van der Waals surface area (Å²) in [6.07, 6.45) is -0.292. The Balaban J connectivity index is 1.68. The van der Waals surface area contributed by atoms with E-state index in [1.54, 1.807) is 52.1 Å². The van der Waals surface area contributed by atoms with Crippen LogP contribution in [0.4, 0.5) is 15.4 Å². The van der Waals surface area contributed by atoms with E-state index in [0.29, 0.717) is 18.6 Å². The smallest absolute Gasteiger partial charge is 0.408 e. The zero-order valence-corrected chi connectivity index (χ0v) is 29.2. The van der Waals surface area contributed by atoms with Gasteiger partial charge in [0.15, 0.2) is 5.82 Å². The highest BCUT2D eigenvalue weighted by Crippen LogP contribution is 2.17. The van der Waals surface area contributed by atoms with Gasteiger partial charge in [0.1, 0.15) is 35.7 Å². The van der Waals surface area contributed by atoms with Crippen molar-refractivity contribution in [2.75, 3.05) is 26.1 Å². The van der Waals surface area contributed by atoms with Gasteiger partial charge >= 0.3 is 18.2 Å². The fraction of sp³-hybridized carbons (Fsp3) is 0.429. The molecule has 3 aromatic rings. The van der Waals surface area contributed by atoms with Crippen LogP contribution in [0.5, 0.6) is 5.75 Å². The Labute approximate surface area is 291 Å². The zero-order valence-electron chi connectivity index (χ0n) is 29.2. The Bertz CT molecular complexity index is 1590. The third-order valence-electron chi connectivity index (χ3n) is 7.08. The van der Waals surface area contributed by atoms with Crippen molar-refractivity contribution in [2.45, 2.75) is 77.8 Å². The van der Waals surface area contributed by atoms with Gasteiger partial charge < -0.3 is 40.2 Å². The number of methoxy groups -OCH3 is 2. The Morgan fingerprint density at radius 2 is 1.56 bits per heavy atom. The van der Waals surface area contributed by atoms with E-state index in [1.807, 2.05) is 30.3 Å². The number of benzene rings is 2. The van der Waals surface area contributed by atoms with Crippen molar-refractivity contribution >= 4 is 35.8 Å². The van der Waals surface area contributed by atoms with Gasteiger partial charge in [-0.3, -0.25) is 14.3 Å². The summed E-state index contributed by atoms with van der Waals surface area (Å²) in [6, 6.07) is 15.5. The number of anilines is 1. The summed E-state index contributed by atoms with van der Waals surface area (Å²) < 4.78 is 22.0. The lowest BCUT2D eigenvalue weighted by Crippen LogP contribution is -2.51. The number of amides is 4. The zero-order chi connectivity index (χ0) is 36.7. The van der Waals surface area contributed by atoms with Crippen molar-refractivity contribution in [2.24, 2.45) is 0 Å². The number of alkyl carbamates (subject to hydrolysis) is 2. The van der Waals surface area contributed by atoms with Crippen LogP contribution in [0, 0.1) is 0 Å². The molecule has 2 atom stereocenters. The van der Waals surface area contributed by atoms with Crippen LogP contribution < -0.4 is 26.0 Å². The molecule has 0 aliphatic rings. The molecule has 4 amide bonds. The molecule has 0 fully saturated rings. The maximum absolute atomic E-state index is 13.6. The monoisotopic (exact) mass is 694 g/mol. The Hall–Kier alpha value is -5.60. The van der Waals surface area contributed by atoms with Crippen LogP contribution in [0.3, 0.4) is 0 Å². The first-order chi connectivity index (χ1) is 23.8. The molecular weight excluding hydrogens is 648 g/mol. The van der Waals surface area contributed by atoms with Crippen LogP contribution in [0.2, 0.25) is 0 Å². The first-order valence-electron chi connectivity index (χ1n) is 16.1. The normalized spacial score (nSPS) is 12.1. The lowest BCUT2D eigenvalue weighted by atomic mass is 10.1. The van der Waals surface area contributed by atoms with Gasteiger partial charge in [-0.2, -0.15) is 5.10 Å². The SMILES string of the molecule is COC(=O)c1cc(NC(=O)[C@H](CCCCNC(=O)OC(C)(C)C)NC(=O)[C@H](C)NC(=O)OCc2ccccc2)nn1Cc1ccc(OC)cc1. The second-order valence-corrected chi connectivity index (χ2v) is 12.3. The van der Waals surface area contributed by atoms with Crippen LogP contribution >= 0.6 is 0 Å². The standard InChI is InChI=1S/C35H46N6O9/c1-23(37-34(46)49-22-25-12-8-7-9-13-25)30(42)38-27(14-10-11-19-36-33(45)50-35(2,3)4)31(43)39-29-20-28(32(44)48-6)41(40-29)21-24-15-17-26(47-5)18-16-24/h7-9,12-13,15-18,20,23,27H,10-11,14,19,21-22H2,1-6H3,(H,36,45)(H,37,46)(H,38,42)(H,39,40,43)/t23-,27-/m0/s1. The molecule has 2 aromatic carbocycles. The first kappa shape index (κ1) is 38.8. The van der Waals surface area contributed by atoms with Gasteiger partial charge in [0, 0.05) is 12.6 Å². The second-order valence-electron chi connectivity index (χ2n) is 12.3. The molecule has 0 bridgehead atoms. The predicted molar refractivity (Wildman–Crippen MR) is 184 cm³/mol. The number of aromatic nitrogens is 2. The fourth-order valence-electron chi connectivity index (χ4n) is 4.54. The summed E-state index contributed by atoms with van der Waals surface area (Å²) in [5, 5.41) is 14.9. The van der Waals surface area contributed by atoms with E-state index in [9.17, 15) is 24.0 Å². The molecule has 0 spiro atoms. The molecule has 3 rings (SSSR count). The average Bonchev–Trinajstić information content (AvgIpc) is 3.47. The van der Waals surface area contributed by atoms with E-state index in [0.717, 1.165) is 11.1 Å². The first-order valence-corrected chi connectivity index (χ1v) is 16.1. The third kappa shape index (κ3) is 13.1. The third-order valence-corrected chi connectivity index (χ3v) is 7.08. The van der Waals surface area contributed by atoms with Gasteiger partial charge in [-0.25, -0.2) is 14.4 Å². The van der Waals surface area contributed by atoms with Gasteiger partial charge in [-0.15, -0.1) is 0 Å². The molecule has 50 heavy (non-hydrogen) atoms. The van der Waals surface area contributed by atoms with Crippen molar-refractivity contribution in [1.82, 2.24) is 25.7 Å². The van der Waals surface area contributed by atoms with Crippen LogP contribution in [-0.4, -0.2) is 78.2 Å². The molecule has 4 N–H and O–H groups in total. The van der Waals surface area contributed by atoms with Gasteiger partial charge in [-0.1, -0.05) is 42.5 Å². The molecule has 0 saturated carbocycles. The van der Waals surface area contributed by atoms with Crippen LogP contribution in [0.25, 0.3) is 0 Å². The Morgan fingerprint density at radius 3 is 2.20 bits per heavy atom. The average molecular weight is 695 g/mol. The summed E-state index contributed by atoms with van der Waals surface area (Å²) in [6.45, 7) is 7.22. The molecule has 15 nitrogen and oxygen atoms in total. The molecule has 270 valence electrons. The van der Waals surface area contributed by atoms with E-state index >= 15 is 0 Å². The Kier molecular flexibility index (Phi) is 14.6. The van der Waals surface area contributed by atoms with E-state index in [4.69, 9.17) is 18.9 Å². The topological polar surface area (TPSA) is 188 Å². The number of carbonyl (C=O) groups is 5. The van der Waals surface area contributed by atoms with Crippen LogP contribution in [-0.2, 0) is 37.0 Å². The molecule has 15 heteroatoms. The summed E-state index contributed by atoms with van der Waals surface area (Å²) in [7, 11) is 2.79. The highest BCUT2D eigenvalue weighted by atomic mass is 16.6. The molecule has 0 unspecified atom stereocenters. The van der Waals surface area contributed by atoms with E-state index in [-0.39, 0.29) is 37.6 Å². The van der Waals surface area contributed by atoms with Crippen LogP contribution in [0.1, 0.15) is 68.6 Å². The van der Waals surface area contributed by atoms with Crippen molar-refractivity contribution < 1.29 is 42.9 Å². The minimum Gasteiger partial charge on any atom is -0.497 e. The maximum Gasteiger partial charge on any atom is 0.408 e. The van der Waals surface area contributed by atoms with E-state index < -0.39 is 47.7 Å². The summed E-state index contributed by atoms with van der Waals surface area (Å²) in [5.41, 5.74) is 1.04. The van der Waals surface area contributed by atoms with Crippen molar-refractivity contribution in [3.8, 4) is 5.75 Å². The van der Waals surface area contributed by atoms with Gasteiger partial charge in [0.2, 0.25) is 11.8 Å². The minimum atomic E-state index is -1.07. The maximum atomic E-state index is 13.6. The van der Waals surface area contributed by atoms with Crippen LogP contribution in [0.15, 0.2) is 60.7 Å². The lowest BCUT2D eigenvalue weighted by Gasteiger charge is -2.21. The van der Waals surface area contributed by atoms with Crippen molar-refractivity contribution in [3.05, 3.63) is 77.5 Å². The quantitative estimate of drug-likeness (QED) is 0.0963. The number of ether oxygens (including phenoxy) is 4. The number of hydrogen-bond donors (Lipinski definition) is 4. The molecule has 1 aromatic heterocycles. The minimum absolute atomic E-state index is 0.0159. The lowest BCUT2D eigenvalue weighted by molar-refractivity contribution is -0.127. The molecule has 0 aliphatic carbocycles. The van der Waals surface area contributed by atoms with Gasteiger partial charge in [0.05, 0.1) is 20.8 Å². The van der Waals surface area contributed by atoms with E-state index in [1.165, 1.54) is 24.8 Å². The van der Waals surface area contributed by atoms with E-state index in [2.05, 4.69) is 26.4 Å². The number of nitrogens with one attached hydrogen (secondary N) is 4. The number of carbonyl (C=O) groups excluding carboxylic acids is 5. The molecule has 0 radical (unpaired) electrons. The second kappa shape index (κ2) is 18.8. The Morgan fingerprint density at radius 1 is 0.860 bits per heavy atom. The molecule has 0 aliphatic heterocycles. The summed E-state index contributed by atoms with van der Waals surface area (Å²) in [5.74, 6) is -1.17. The van der Waals surface area contributed by atoms with Crippen molar-refractivity contribution in [1.29, 1.82) is 0 Å². The fourth-order valence-corrected chi connectivity index (χ4v) is 4.54. The summed E-state index contributed by atoms with van der Waals surface area (Å²) >= 11 is 0. The number of hydrogen-bond acceptors (Lipinski definition) is 10. The number of rotatable bonds is 16. The van der Waals surface area contributed by atoms with Gasteiger partial charge in [-0.05, 0) is 70.2 Å². The number of unbranched alkanes of at least 4 members (excludes halogenated alkanes) is 1. The molecular formula is C35H46N6O9. The number of nitrogens with zero attached hydrogens (tertiary/aromatic N) is 2. The predicted octanol–water partition coefficient (Wildman–Crippen LogP) is 4.16. The summed E-state index contributed by atoms with van der Waals surface area (Å²) in [4.78, 5) is 63.6. The molecule has 1 heterocycles. The largest absolute Gasteiger partial charge is 0.497 e. The highest BCUT2D eigenvalue weighted by Gasteiger charge is 2.26. The van der Waals surface area contributed by atoms with Crippen molar-refractivity contribution in [3.63, 3.8) is 0 Å². The number of esters is 1. The highest BCUT2D eigenvalue weighted by molar-refractivity contribution is 5.98. The molecule has 0 saturated heterocycles. The van der Waals surface area contributed by atoms with Gasteiger partial charge in [0.25, 0.3) is 0 Å².